The molecule has 1 amide bonds. The van der Waals surface area contributed by atoms with Gasteiger partial charge in [0.05, 0.1) is 30.1 Å². The van der Waals surface area contributed by atoms with Crippen molar-refractivity contribution >= 4 is 22.1 Å². The fourth-order valence-corrected chi connectivity index (χ4v) is 7.88. The molecule has 0 N–H and O–H groups in total. The molecule has 9 nitrogen and oxygen atoms in total. The molecule has 2 aromatic rings. The largest absolute Gasteiger partial charge is 0.465 e. The fraction of sp³-hybridized carbons (Fsp3) is 0.517. The number of ether oxygens (including phenoxy) is 2. The lowest BCUT2D eigenvalue weighted by molar-refractivity contribution is -0.144. The highest BCUT2D eigenvalue weighted by Crippen LogP contribution is 2.52. The zero-order chi connectivity index (χ0) is 29.2. The van der Waals surface area contributed by atoms with Crippen LogP contribution in [0.4, 0.5) is 13.6 Å². The molecular weight excluding hydrogens is 556 g/mol. The van der Waals surface area contributed by atoms with Crippen molar-refractivity contribution in [1.82, 2.24) is 14.1 Å². The molecule has 222 valence electrons. The van der Waals surface area contributed by atoms with Gasteiger partial charge in [-0.25, -0.2) is 22.0 Å². The van der Waals surface area contributed by atoms with Crippen molar-refractivity contribution in [2.45, 2.75) is 61.6 Å². The summed E-state index contributed by atoms with van der Waals surface area (Å²) >= 11 is 0. The molecule has 2 saturated heterocycles. The van der Waals surface area contributed by atoms with Crippen LogP contribution < -0.4 is 0 Å². The van der Waals surface area contributed by atoms with E-state index in [4.69, 9.17) is 9.47 Å². The number of rotatable bonds is 8. The van der Waals surface area contributed by atoms with E-state index in [0.717, 1.165) is 6.07 Å². The van der Waals surface area contributed by atoms with Gasteiger partial charge in [0.1, 0.15) is 17.2 Å². The Morgan fingerprint density at radius 2 is 1.66 bits per heavy atom. The number of nitrogens with zero attached hydrogens (tertiary/aromatic N) is 3. The second-order valence-electron chi connectivity index (χ2n) is 10.8. The minimum Gasteiger partial charge on any atom is -0.465 e. The maximum atomic E-state index is 14.3. The average Bonchev–Trinajstić information content (AvgIpc) is 3.73. The highest BCUT2D eigenvalue weighted by Gasteiger charge is 2.60. The van der Waals surface area contributed by atoms with Crippen molar-refractivity contribution < 1.29 is 36.3 Å². The molecule has 41 heavy (non-hydrogen) atoms. The third-order valence-corrected chi connectivity index (χ3v) is 10.0. The summed E-state index contributed by atoms with van der Waals surface area (Å²) in [5, 5.41) is 0. The van der Waals surface area contributed by atoms with Gasteiger partial charge in [-0.3, -0.25) is 9.69 Å². The van der Waals surface area contributed by atoms with Crippen molar-refractivity contribution in [2.24, 2.45) is 0 Å². The number of amides is 1. The van der Waals surface area contributed by atoms with Crippen LogP contribution in [0.1, 0.15) is 50.6 Å². The van der Waals surface area contributed by atoms with Crippen LogP contribution in [-0.2, 0) is 24.3 Å². The molecule has 0 aromatic heterocycles. The summed E-state index contributed by atoms with van der Waals surface area (Å²) in [6, 6.07) is 9.27. The summed E-state index contributed by atoms with van der Waals surface area (Å²) < 4.78 is 69.1. The van der Waals surface area contributed by atoms with Crippen LogP contribution >= 0.6 is 0 Å². The Morgan fingerprint density at radius 3 is 2.29 bits per heavy atom. The molecule has 0 bridgehead atoms. The number of carbonyl (C=O) groups is 2. The van der Waals surface area contributed by atoms with Crippen LogP contribution in [0.3, 0.4) is 0 Å². The third-order valence-electron chi connectivity index (χ3n) is 8.10. The standard InChI is InChI=1S/C29H35F2N3O6S/c1-2-39-27(35)20-32-14-16-33(17-15-32)28(36)40-29(12-13-29)26-11-5-10-25(21-6-3-7-22(30)18-21)34(26)41(37,38)24-9-4-8-23(31)19-24/h3-4,6-9,18-19,25-26H,2,5,10-17,20H2,1H3/t25-,26+/m0/s1. The lowest BCUT2D eigenvalue weighted by atomic mass is 9.90. The Balaban J connectivity index is 1.38. The summed E-state index contributed by atoms with van der Waals surface area (Å²) in [5.74, 6) is -1.48. The lowest BCUT2D eigenvalue weighted by Crippen LogP contribution is -2.55. The molecule has 1 saturated carbocycles. The minimum atomic E-state index is -4.26. The van der Waals surface area contributed by atoms with Crippen LogP contribution in [0.15, 0.2) is 53.4 Å². The predicted molar refractivity (Wildman–Crippen MR) is 145 cm³/mol. The first kappa shape index (κ1) is 29.4. The van der Waals surface area contributed by atoms with Gasteiger partial charge in [0, 0.05) is 26.2 Å². The molecule has 2 aromatic carbocycles. The molecule has 0 unspecified atom stereocenters. The van der Waals surface area contributed by atoms with Gasteiger partial charge in [-0.05, 0) is 74.9 Å². The summed E-state index contributed by atoms with van der Waals surface area (Å²) in [6.07, 6.45) is 1.97. The SMILES string of the molecule is CCOC(=O)CN1CCN(C(=O)OC2([C@H]3CCC[C@@H](c4cccc(F)c4)N3S(=O)(=O)c3cccc(F)c3)CC2)CC1. The van der Waals surface area contributed by atoms with Crippen LogP contribution in [0.2, 0.25) is 0 Å². The quantitative estimate of drug-likeness (QED) is 0.427. The number of sulfonamides is 1. The fourth-order valence-electron chi connectivity index (χ4n) is 5.93. The number of piperidine rings is 1. The topological polar surface area (TPSA) is 96.5 Å². The van der Waals surface area contributed by atoms with Gasteiger partial charge >= 0.3 is 12.1 Å². The van der Waals surface area contributed by atoms with Gasteiger partial charge in [0.15, 0.2) is 0 Å². The number of halogens is 2. The van der Waals surface area contributed by atoms with Crippen molar-refractivity contribution in [3.8, 4) is 0 Å². The number of hydrogen-bond acceptors (Lipinski definition) is 7. The van der Waals surface area contributed by atoms with Crippen molar-refractivity contribution in [1.29, 1.82) is 0 Å². The molecule has 2 aliphatic heterocycles. The number of benzene rings is 2. The maximum absolute atomic E-state index is 14.3. The highest BCUT2D eigenvalue weighted by atomic mass is 32.2. The molecule has 1 aliphatic carbocycles. The Hall–Kier alpha value is -3.09. The first-order chi connectivity index (χ1) is 19.6. The smallest absolute Gasteiger partial charge is 0.410 e. The summed E-state index contributed by atoms with van der Waals surface area (Å²) in [6.45, 7) is 3.87. The van der Waals surface area contributed by atoms with Gasteiger partial charge in [0.25, 0.3) is 0 Å². The Kier molecular flexibility index (Phi) is 8.62. The second kappa shape index (κ2) is 12.0. The normalized spacial score (nSPS) is 23.1. The van der Waals surface area contributed by atoms with E-state index in [1.165, 1.54) is 40.7 Å². The number of hydrogen-bond donors (Lipinski definition) is 0. The molecule has 3 aliphatic rings. The molecule has 0 spiro atoms. The zero-order valence-corrected chi connectivity index (χ0v) is 23.8. The second-order valence-corrected chi connectivity index (χ2v) is 12.7. The summed E-state index contributed by atoms with van der Waals surface area (Å²) in [7, 11) is -4.26. The number of esters is 1. The van der Waals surface area contributed by atoms with E-state index in [9.17, 15) is 26.8 Å². The number of piperazine rings is 1. The van der Waals surface area contributed by atoms with E-state index in [1.54, 1.807) is 17.9 Å². The van der Waals surface area contributed by atoms with Crippen LogP contribution in [0.25, 0.3) is 0 Å². The maximum Gasteiger partial charge on any atom is 0.410 e. The molecule has 5 rings (SSSR count). The summed E-state index contributed by atoms with van der Waals surface area (Å²) in [5.41, 5.74) is -0.541. The van der Waals surface area contributed by atoms with E-state index >= 15 is 0 Å². The molecule has 2 atom stereocenters. The van der Waals surface area contributed by atoms with E-state index in [2.05, 4.69) is 0 Å². The molecule has 2 heterocycles. The highest BCUT2D eigenvalue weighted by molar-refractivity contribution is 7.89. The van der Waals surface area contributed by atoms with Crippen molar-refractivity contribution in [3.05, 3.63) is 65.7 Å². The Bertz CT molecular complexity index is 1380. The first-order valence-electron chi connectivity index (χ1n) is 14.0. The van der Waals surface area contributed by atoms with Crippen molar-refractivity contribution in [3.63, 3.8) is 0 Å². The third kappa shape index (κ3) is 6.39. The zero-order valence-electron chi connectivity index (χ0n) is 23.0. The monoisotopic (exact) mass is 591 g/mol. The molecular formula is C29H35F2N3O6S. The van der Waals surface area contributed by atoms with Gasteiger partial charge in [-0.1, -0.05) is 18.2 Å². The average molecular weight is 592 g/mol. The lowest BCUT2D eigenvalue weighted by Gasteiger charge is -2.45. The Morgan fingerprint density at radius 1 is 0.976 bits per heavy atom. The van der Waals surface area contributed by atoms with Gasteiger partial charge < -0.3 is 14.4 Å². The van der Waals surface area contributed by atoms with E-state index in [1.807, 2.05) is 4.90 Å². The molecule has 3 fully saturated rings. The van der Waals surface area contributed by atoms with Gasteiger partial charge in [-0.15, -0.1) is 0 Å². The minimum absolute atomic E-state index is 0.150. The van der Waals surface area contributed by atoms with Gasteiger partial charge in [0.2, 0.25) is 10.0 Å². The van der Waals surface area contributed by atoms with Crippen LogP contribution in [0, 0.1) is 11.6 Å². The Labute approximate surface area is 239 Å². The summed E-state index contributed by atoms with van der Waals surface area (Å²) in [4.78, 5) is 28.4. The van der Waals surface area contributed by atoms with Crippen LogP contribution in [0.5, 0.6) is 0 Å². The van der Waals surface area contributed by atoms with Crippen LogP contribution in [-0.4, -0.2) is 85.6 Å². The molecule has 0 radical (unpaired) electrons. The van der Waals surface area contributed by atoms with Crippen molar-refractivity contribution in [2.75, 3.05) is 39.3 Å². The van der Waals surface area contributed by atoms with Gasteiger partial charge in [-0.2, -0.15) is 4.31 Å². The van der Waals surface area contributed by atoms with E-state index in [0.29, 0.717) is 70.5 Å². The van der Waals surface area contributed by atoms with E-state index in [-0.39, 0.29) is 17.4 Å². The molecule has 12 heteroatoms. The predicted octanol–water partition coefficient (Wildman–Crippen LogP) is 4.10. The van der Waals surface area contributed by atoms with E-state index < -0.39 is 45.4 Å². The number of carbonyl (C=O) groups excluding carboxylic acids is 2. The first-order valence-corrected chi connectivity index (χ1v) is 15.5.